The topological polar surface area (TPSA) is 84.3 Å². The van der Waals surface area contributed by atoms with Gasteiger partial charge < -0.3 is 5.32 Å². The number of carbonyl (C=O) groups excluding carboxylic acids is 1. The number of fused-ring (bicyclic) bond motifs is 1. The third kappa shape index (κ3) is 4.17. The van der Waals surface area contributed by atoms with E-state index >= 15 is 0 Å². The van der Waals surface area contributed by atoms with E-state index in [0.717, 1.165) is 17.0 Å². The van der Waals surface area contributed by atoms with E-state index in [1.54, 1.807) is 42.4 Å². The molecule has 1 amide bonds. The molecule has 10 heteroatoms. The molecule has 1 aromatic heterocycles. The number of carbonyl (C=O) groups is 1. The first-order chi connectivity index (χ1) is 15.3. The summed E-state index contributed by atoms with van der Waals surface area (Å²) in [7, 11) is -3.59. The molecule has 2 heterocycles. The Balaban J connectivity index is 1.62. The zero-order valence-corrected chi connectivity index (χ0v) is 19.3. The van der Waals surface area contributed by atoms with Crippen LogP contribution in [0.1, 0.15) is 35.5 Å². The van der Waals surface area contributed by atoms with E-state index in [1.165, 1.54) is 40.7 Å². The van der Waals surface area contributed by atoms with Crippen molar-refractivity contribution in [3.63, 3.8) is 0 Å². The van der Waals surface area contributed by atoms with Gasteiger partial charge in [-0.15, -0.1) is 0 Å². The Morgan fingerprint density at radius 3 is 2.38 bits per heavy atom. The van der Waals surface area contributed by atoms with Crippen LogP contribution < -0.4 is 5.32 Å². The minimum Gasteiger partial charge on any atom is -0.306 e. The fourth-order valence-electron chi connectivity index (χ4n) is 3.58. The third-order valence-corrected chi connectivity index (χ3v) is 8.35. The van der Waals surface area contributed by atoms with E-state index in [9.17, 15) is 17.6 Å². The van der Waals surface area contributed by atoms with Crippen LogP contribution in [0.4, 0.5) is 10.2 Å². The highest BCUT2D eigenvalue weighted by Crippen LogP contribution is 2.36. The number of rotatable bonds is 7. The van der Waals surface area contributed by atoms with Gasteiger partial charge in [-0.05, 0) is 48.5 Å². The van der Waals surface area contributed by atoms with Gasteiger partial charge in [0.2, 0.25) is 10.0 Å². The maximum absolute atomic E-state index is 13.4. The molecule has 0 spiro atoms. The number of thioether (sulfide) groups is 1. The first-order valence-corrected chi connectivity index (χ1v) is 12.8. The summed E-state index contributed by atoms with van der Waals surface area (Å²) in [5, 5.41) is 7.51. The van der Waals surface area contributed by atoms with Crippen molar-refractivity contribution in [3.8, 4) is 5.69 Å². The molecule has 1 aliphatic rings. The predicted molar refractivity (Wildman–Crippen MR) is 123 cm³/mol. The summed E-state index contributed by atoms with van der Waals surface area (Å²) in [6.45, 7) is 4.31. The lowest BCUT2D eigenvalue weighted by Crippen LogP contribution is -2.30. The number of hydrogen-bond acceptors (Lipinski definition) is 5. The Hall–Kier alpha value is -2.69. The van der Waals surface area contributed by atoms with E-state index in [-0.39, 0.29) is 16.6 Å². The maximum atomic E-state index is 13.4. The summed E-state index contributed by atoms with van der Waals surface area (Å²) in [4.78, 5) is 13.1. The first-order valence-electron chi connectivity index (χ1n) is 10.2. The lowest BCUT2D eigenvalue weighted by Gasteiger charge is -2.18. The van der Waals surface area contributed by atoms with Gasteiger partial charge in [0.05, 0.1) is 16.3 Å². The number of anilines is 1. The Morgan fingerprint density at radius 2 is 1.75 bits per heavy atom. The molecule has 3 aromatic rings. The van der Waals surface area contributed by atoms with Crippen LogP contribution in [0.5, 0.6) is 0 Å². The van der Waals surface area contributed by atoms with Crippen LogP contribution in [0.2, 0.25) is 0 Å². The van der Waals surface area contributed by atoms with Gasteiger partial charge in [0.25, 0.3) is 5.91 Å². The fraction of sp³-hybridized carbons (Fsp3) is 0.273. The molecule has 168 valence electrons. The zero-order chi connectivity index (χ0) is 22.9. The summed E-state index contributed by atoms with van der Waals surface area (Å²) in [6, 6.07) is 11.8. The highest BCUT2D eigenvalue weighted by atomic mass is 32.2. The van der Waals surface area contributed by atoms with Crippen molar-refractivity contribution in [2.45, 2.75) is 30.2 Å². The van der Waals surface area contributed by atoms with Crippen LogP contribution in [0, 0.1) is 5.82 Å². The number of hydrogen-bond donors (Lipinski definition) is 1. The van der Waals surface area contributed by atoms with Crippen LogP contribution in [-0.2, 0) is 21.5 Å². The summed E-state index contributed by atoms with van der Waals surface area (Å²) in [5.41, 5.74) is 2.79. The molecule has 1 aliphatic heterocycles. The van der Waals surface area contributed by atoms with E-state index in [2.05, 4.69) is 10.4 Å². The number of halogens is 1. The number of sulfonamides is 1. The average Bonchev–Trinajstić information content (AvgIpc) is 3.38. The summed E-state index contributed by atoms with van der Waals surface area (Å²) < 4.78 is 41.7. The molecule has 0 bridgehead atoms. The number of amides is 1. The lowest BCUT2D eigenvalue weighted by atomic mass is 10.2. The Bertz CT molecular complexity index is 1240. The van der Waals surface area contributed by atoms with E-state index in [4.69, 9.17) is 0 Å². The van der Waals surface area contributed by atoms with Crippen LogP contribution in [0.15, 0.2) is 53.4 Å². The minimum absolute atomic E-state index is 0.145. The van der Waals surface area contributed by atoms with Gasteiger partial charge in [0, 0.05) is 35.7 Å². The van der Waals surface area contributed by atoms with E-state index in [1.807, 2.05) is 0 Å². The Labute approximate surface area is 190 Å². The highest BCUT2D eigenvalue weighted by Gasteiger charge is 2.26. The number of benzene rings is 2. The summed E-state index contributed by atoms with van der Waals surface area (Å²) in [6.07, 6.45) is 0. The molecule has 32 heavy (non-hydrogen) atoms. The van der Waals surface area contributed by atoms with E-state index < -0.39 is 10.0 Å². The molecule has 1 N–H and O–H groups in total. The minimum atomic E-state index is -3.59. The van der Waals surface area contributed by atoms with Gasteiger partial charge in [-0.1, -0.05) is 13.8 Å². The lowest BCUT2D eigenvalue weighted by molar-refractivity contribution is 0.102. The van der Waals surface area contributed by atoms with Crippen molar-refractivity contribution in [1.29, 1.82) is 0 Å². The van der Waals surface area contributed by atoms with Crippen molar-refractivity contribution in [3.05, 3.63) is 71.2 Å². The van der Waals surface area contributed by atoms with Crippen molar-refractivity contribution in [2.24, 2.45) is 0 Å². The van der Waals surface area contributed by atoms with Crippen molar-refractivity contribution < 1.29 is 17.6 Å². The molecule has 2 aromatic carbocycles. The molecule has 0 unspecified atom stereocenters. The molecule has 0 saturated carbocycles. The summed E-state index contributed by atoms with van der Waals surface area (Å²) in [5.74, 6) is 1.27. The third-order valence-electron chi connectivity index (χ3n) is 5.31. The smallest absolute Gasteiger partial charge is 0.256 e. The van der Waals surface area contributed by atoms with Crippen LogP contribution >= 0.6 is 11.8 Å². The van der Waals surface area contributed by atoms with Gasteiger partial charge in [-0.25, -0.2) is 17.5 Å². The second-order valence-electron chi connectivity index (χ2n) is 7.22. The second kappa shape index (κ2) is 9.05. The van der Waals surface area contributed by atoms with Gasteiger partial charge >= 0.3 is 0 Å². The fourth-order valence-corrected chi connectivity index (χ4v) is 6.07. The second-order valence-corrected chi connectivity index (χ2v) is 10.1. The normalized spacial score (nSPS) is 13.4. The average molecular weight is 475 g/mol. The molecular formula is C22H23FN4O3S2. The van der Waals surface area contributed by atoms with Crippen molar-refractivity contribution in [1.82, 2.24) is 14.1 Å². The molecule has 4 rings (SSSR count). The Kier molecular flexibility index (Phi) is 6.36. The van der Waals surface area contributed by atoms with Gasteiger partial charge in [0.15, 0.2) is 0 Å². The van der Waals surface area contributed by atoms with Gasteiger partial charge in [0.1, 0.15) is 11.6 Å². The van der Waals surface area contributed by atoms with Crippen LogP contribution in [0.3, 0.4) is 0 Å². The van der Waals surface area contributed by atoms with Crippen molar-refractivity contribution >= 4 is 33.5 Å². The van der Waals surface area contributed by atoms with Crippen LogP contribution in [-0.4, -0.2) is 41.5 Å². The first kappa shape index (κ1) is 22.5. The number of aromatic nitrogens is 2. The van der Waals surface area contributed by atoms with Crippen LogP contribution in [0.25, 0.3) is 5.69 Å². The standard InChI is InChI=1S/C22H23FN4O3S2/c1-3-26(4-2)32(29,30)18-11-5-15(6-12-18)22(28)24-21-19-13-31-14-20(19)25-27(21)17-9-7-16(23)8-10-17/h5-12H,3-4,13-14H2,1-2H3,(H,24,28). The maximum Gasteiger partial charge on any atom is 0.256 e. The van der Waals surface area contributed by atoms with Gasteiger partial charge in [-0.3, -0.25) is 4.79 Å². The number of nitrogens with zero attached hydrogens (tertiary/aromatic N) is 3. The summed E-state index contributed by atoms with van der Waals surface area (Å²) >= 11 is 1.71. The predicted octanol–water partition coefficient (Wildman–Crippen LogP) is 4.04. The quantitative estimate of drug-likeness (QED) is 0.559. The molecule has 0 radical (unpaired) electrons. The monoisotopic (exact) mass is 474 g/mol. The molecular weight excluding hydrogens is 451 g/mol. The Morgan fingerprint density at radius 1 is 1.09 bits per heavy atom. The number of nitrogens with one attached hydrogen (secondary N) is 1. The largest absolute Gasteiger partial charge is 0.306 e. The van der Waals surface area contributed by atoms with Gasteiger partial charge in [-0.2, -0.15) is 21.2 Å². The highest BCUT2D eigenvalue weighted by molar-refractivity contribution is 7.98. The van der Waals surface area contributed by atoms with E-state index in [0.29, 0.717) is 35.9 Å². The molecule has 7 nitrogen and oxygen atoms in total. The molecule has 0 fully saturated rings. The SMILES string of the molecule is CCN(CC)S(=O)(=O)c1ccc(C(=O)Nc2c3c(nn2-c2ccc(F)cc2)CSC3)cc1. The zero-order valence-electron chi connectivity index (χ0n) is 17.7. The molecule has 0 aliphatic carbocycles. The molecule has 0 atom stereocenters. The molecule has 0 saturated heterocycles. The van der Waals surface area contributed by atoms with Crippen molar-refractivity contribution in [2.75, 3.05) is 18.4 Å².